The summed E-state index contributed by atoms with van der Waals surface area (Å²) in [6.07, 6.45) is 15.7. The summed E-state index contributed by atoms with van der Waals surface area (Å²) in [7, 11) is 0. The lowest BCUT2D eigenvalue weighted by Gasteiger charge is -2.08. The molecule has 1 aliphatic rings. The van der Waals surface area contributed by atoms with Gasteiger partial charge in [-0.05, 0) is 12.8 Å². The molecule has 2 amide bonds. The Bertz CT molecular complexity index is 800. The van der Waals surface area contributed by atoms with Crippen molar-refractivity contribution in [2.45, 2.75) is 90.6 Å². The maximum absolute atomic E-state index is 12.2. The van der Waals surface area contributed by atoms with Crippen molar-refractivity contribution in [3.05, 3.63) is 23.7 Å². The first-order valence-corrected chi connectivity index (χ1v) is 13.7. The first kappa shape index (κ1) is 30.7. The molecular weight excluding hydrogens is 478 g/mol. The SMILES string of the molecule is CCCCCCCCCCCCNC(=O)/C=C1/CN(Cc2cn(CCOCOCCCO)nn2)C(=O)O1. The molecule has 1 aliphatic heterocycles. The fraction of sp³-hybridized carbons (Fsp3) is 0.769. The summed E-state index contributed by atoms with van der Waals surface area (Å²) in [5.41, 5.74) is 0.614. The van der Waals surface area contributed by atoms with Gasteiger partial charge in [0, 0.05) is 19.2 Å². The van der Waals surface area contributed by atoms with E-state index in [1.165, 1.54) is 62.3 Å². The monoisotopic (exact) mass is 523 g/mol. The fourth-order valence-electron chi connectivity index (χ4n) is 3.90. The maximum Gasteiger partial charge on any atom is 0.415 e. The summed E-state index contributed by atoms with van der Waals surface area (Å²) in [6, 6.07) is 0. The van der Waals surface area contributed by atoms with Crippen molar-refractivity contribution in [3.63, 3.8) is 0 Å². The average Bonchev–Trinajstić information content (AvgIpc) is 3.47. The number of ether oxygens (including phenoxy) is 3. The molecule has 0 aliphatic carbocycles. The number of aliphatic hydroxyl groups is 1. The molecular formula is C26H45N5O6. The van der Waals surface area contributed by atoms with Crippen LogP contribution in [0.25, 0.3) is 0 Å². The first-order valence-electron chi connectivity index (χ1n) is 13.7. The van der Waals surface area contributed by atoms with E-state index in [1.807, 2.05) is 0 Å². The van der Waals surface area contributed by atoms with Crippen molar-refractivity contribution in [2.24, 2.45) is 0 Å². The van der Waals surface area contributed by atoms with Gasteiger partial charge in [0.25, 0.3) is 0 Å². The number of carbonyl (C=O) groups excluding carboxylic acids is 2. The summed E-state index contributed by atoms with van der Waals surface area (Å²) in [5, 5.41) is 19.7. The van der Waals surface area contributed by atoms with Gasteiger partial charge in [-0.2, -0.15) is 0 Å². The molecule has 0 atom stereocenters. The van der Waals surface area contributed by atoms with E-state index in [0.29, 0.717) is 44.2 Å². The van der Waals surface area contributed by atoms with Gasteiger partial charge in [-0.25, -0.2) is 9.48 Å². The van der Waals surface area contributed by atoms with Crippen LogP contribution in [0.2, 0.25) is 0 Å². The molecule has 2 heterocycles. The molecule has 0 bridgehead atoms. The van der Waals surface area contributed by atoms with E-state index in [0.717, 1.165) is 12.8 Å². The Morgan fingerprint density at radius 1 is 1.08 bits per heavy atom. The highest BCUT2D eigenvalue weighted by Crippen LogP contribution is 2.17. The van der Waals surface area contributed by atoms with Crippen LogP contribution < -0.4 is 5.32 Å². The van der Waals surface area contributed by atoms with Crippen LogP contribution in [0.3, 0.4) is 0 Å². The molecule has 0 radical (unpaired) electrons. The molecule has 2 rings (SSSR count). The number of cyclic esters (lactones) is 1. The van der Waals surface area contributed by atoms with Crippen LogP contribution in [-0.4, -0.2) is 76.7 Å². The molecule has 0 unspecified atom stereocenters. The molecule has 0 aromatic carbocycles. The summed E-state index contributed by atoms with van der Waals surface area (Å²) < 4.78 is 17.4. The van der Waals surface area contributed by atoms with E-state index >= 15 is 0 Å². The van der Waals surface area contributed by atoms with Gasteiger partial charge in [-0.3, -0.25) is 9.69 Å². The largest absolute Gasteiger partial charge is 0.415 e. The summed E-state index contributed by atoms with van der Waals surface area (Å²) in [6.45, 7) is 4.90. The third-order valence-electron chi connectivity index (χ3n) is 5.96. The number of amides is 2. The van der Waals surface area contributed by atoms with E-state index in [2.05, 4.69) is 22.6 Å². The molecule has 1 aromatic heterocycles. The van der Waals surface area contributed by atoms with Gasteiger partial charge in [0.2, 0.25) is 5.91 Å². The lowest BCUT2D eigenvalue weighted by atomic mass is 10.1. The number of nitrogens with zero attached hydrogens (tertiary/aromatic N) is 4. The quantitative estimate of drug-likeness (QED) is 0.134. The summed E-state index contributed by atoms with van der Waals surface area (Å²) >= 11 is 0. The third kappa shape index (κ3) is 14.1. The minimum absolute atomic E-state index is 0.0935. The second kappa shape index (κ2) is 19.6. The van der Waals surface area contributed by atoms with Crippen molar-refractivity contribution >= 4 is 12.0 Å². The normalized spacial score (nSPS) is 14.5. The van der Waals surface area contributed by atoms with Gasteiger partial charge in [0.1, 0.15) is 18.2 Å². The fourth-order valence-corrected chi connectivity index (χ4v) is 3.90. The second-order valence-corrected chi connectivity index (χ2v) is 9.29. The van der Waals surface area contributed by atoms with Crippen LogP contribution in [0.15, 0.2) is 18.0 Å². The van der Waals surface area contributed by atoms with Crippen LogP contribution in [0.4, 0.5) is 4.79 Å². The zero-order chi connectivity index (χ0) is 26.6. The second-order valence-electron chi connectivity index (χ2n) is 9.29. The van der Waals surface area contributed by atoms with E-state index < -0.39 is 6.09 Å². The van der Waals surface area contributed by atoms with Gasteiger partial charge >= 0.3 is 6.09 Å². The number of rotatable bonds is 22. The highest BCUT2D eigenvalue weighted by Gasteiger charge is 2.28. The number of nitrogens with one attached hydrogen (secondary N) is 1. The molecule has 0 saturated carbocycles. The van der Waals surface area contributed by atoms with Crippen LogP contribution in [0.1, 0.15) is 83.2 Å². The van der Waals surface area contributed by atoms with Crippen LogP contribution in [0, 0.1) is 0 Å². The number of aliphatic hydroxyl groups excluding tert-OH is 1. The highest BCUT2D eigenvalue weighted by atomic mass is 16.7. The molecule has 11 nitrogen and oxygen atoms in total. The molecule has 210 valence electrons. The standard InChI is InChI=1S/C26H45N5O6/c1-2-3-4-5-6-7-8-9-10-11-13-27-25(33)18-24-21-30(26(34)37-24)19-23-20-31(29-28-23)14-17-36-22-35-16-12-15-32/h18,20,32H,2-17,19,21-22H2,1H3,(H,27,33)/b24-18-. The number of hydrogen-bond donors (Lipinski definition) is 2. The van der Waals surface area contributed by atoms with Crippen molar-refractivity contribution in [1.29, 1.82) is 0 Å². The maximum atomic E-state index is 12.2. The predicted octanol–water partition coefficient (Wildman–Crippen LogP) is 3.52. The zero-order valence-electron chi connectivity index (χ0n) is 22.4. The molecule has 37 heavy (non-hydrogen) atoms. The molecule has 11 heteroatoms. The van der Waals surface area contributed by atoms with Gasteiger partial charge in [-0.1, -0.05) is 69.9 Å². The number of carbonyl (C=O) groups is 2. The summed E-state index contributed by atoms with van der Waals surface area (Å²) in [5.74, 6) is 0.0828. The number of aromatic nitrogens is 3. The Morgan fingerprint density at radius 3 is 2.51 bits per heavy atom. The van der Waals surface area contributed by atoms with Gasteiger partial charge < -0.3 is 24.6 Å². The Kier molecular flexibility index (Phi) is 16.3. The predicted molar refractivity (Wildman–Crippen MR) is 138 cm³/mol. The first-order chi connectivity index (χ1) is 18.1. The Balaban J connectivity index is 1.55. The molecule has 1 saturated heterocycles. The van der Waals surface area contributed by atoms with Crippen molar-refractivity contribution in [3.8, 4) is 0 Å². The van der Waals surface area contributed by atoms with Gasteiger partial charge in [0.05, 0.1) is 39.0 Å². The Morgan fingerprint density at radius 2 is 1.78 bits per heavy atom. The lowest BCUT2D eigenvalue weighted by Crippen LogP contribution is -2.24. The van der Waals surface area contributed by atoms with E-state index in [9.17, 15) is 9.59 Å². The Labute approximate surface area is 220 Å². The number of unbranched alkanes of at least 4 members (excludes halogenated alkanes) is 9. The van der Waals surface area contributed by atoms with Crippen molar-refractivity contribution in [1.82, 2.24) is 25.2 Å². The number of hydrogen-bond acceptors (Lipinski definition) is 8. The average molecular weight is 524 g/mol. The lowest BCUT2D eigenvalue weighted by molar-refractivity contribution is -0.116. The van der Waals surface area contributed by atoms with E-state index in [4.69, 9.17) is 19.3 Å². The minimum Gasteiger partial charge on any atom is -0.413 e. The highest BCUT2D eigenvalue weighted by molar-refractivity contribution is 5.89. The van der Waals surface area contributed by atoms with Crippen LogP contribution in [0.5, 0.6) is 0 Å². The molecule has 1 fully saturated rings. The van der Waals surface area contributed by atoms with Crippen LogP contribution in [-0.2, 0) is 32.1 Å². The molecule has 1 aromatic rings. The third-order valence-corrected chi connectivity index (χ3v) is 5.96. The molecule has 0 spiro atoms. The van der Waals surface area contributed by atoms with Crippen molar-refractivity contribution < 1.29 is 28.9 Å². The molecule has 2 N–H and O–H groups in total. The summed E-state index contributed by atoms with van der Waals surface area (Å²) in [4.78, 5) is 25.8. The Hall–Kier alpha value is -2.50. The van der Waals surface area contributed by atoms with E-state index in [-0.39, 0.29) is 32.4 Å². The topological polar surface area (TPSA) is 128 Å². The minimum atomic E-state index is -0.508. The van der Waals surface area contributed by atoms with Gasteiger partial charge in [-0.15, -0.1) is 5.10 Å². The zero-order valence-corrected chi connectivity index (χ0v) is 22.4. The smallest absolute Gasteiger partial charge is 0.413 e. The van der Waals surface area contributed by atoms with Crippen molar-refractivity contribution in [2.75, 3.05) is 39.7 Å². The van der Waals surface area contributed by atoms with E-state index in [1.54, 1.807) is 10.9 Å². The van der Waals surface area contributed by atoms with Crippen LogP contribution >= 0.6 is 0 Å². The van der Waals surface area contributed by atoms with Gasteiger partial charge in [0.15, 0.2) is 0 Å².